The Bertz CT molecular complexity index is 1610. The number of carbonyl (C=O) groups is 1. The van der Waals surface area contributed by atoms with E-state index in [0.717, 1.165) is 30.6 Å². The Kier molecular flexibility index (Phi) is 7.01. The van der Waals surface area contributed by atoms with E-state index in [1.165, 1.54) is 17.3 Å². The molecule has 1 aromatic heterocycles. The fourth-order valence-corrected chi connectivity index (χ4v) is 7.75. The SMILES string of the molecule is CC1Cc2ccccc2N1C(=O)CSc1nnc(-c2cccc(S(=O)(=O)N3CCCC3)c2)n1-c1ccccc1. The second-order valence-electron chi connectivity index (χ2n) is 9.85. The van der Waals surface area contributed by atoms with Crippen LogP contribution in [0.5, 0.6) is 0 Å². The van der Waals surface area contributed by atoms with E-state index in [1.807, 2.05) is 64.1 Å². The molecule has 200 valence electrons. The number of carbonyl (C=O) groups excluding carboxylic acids is 1. The molecule has 0 spiro atoms. The fraction of sp³-hybridized carbons (Fsp3) is 0.276. The molecular weight excluding hydrogens is 530 g/mol. The van der Waals surface area contributed by atoms with E-state index in [0.29, 0.717) is 29.6 Å². The van der Waals surface area contributed by atoms with Gasteiger partial charge in [0.2, 0.25) is 15.9 Å². The van der Waals surface area contributed by atoms with Gasteiger partial charge in [0, 0.05) is 36.1 Å². The molecule has 2 aliphatic heterocycles. The molecule has 0 bridgehead atoms. The second-order valence-corrected chi connectivity index (χ2v) is 12.7. The van der Waals surface area contributed by atoms with Crippen LogP contribution in [0.3, 0.4) is 0 Å². The first kappa shape index (κ1) is 25.8. The number of anilines is 1. The minimum absolute atomic E-state index is 0.0142. The monoisotopic (exact) mass is 559 g/mol. The Hall–Kier alpha value is -3.47. The topological polar surface area (TPSA) is 88.4 Å². The maximum Gasteiger partial charge on any atom is 0.243 e. The minimum Gasteiger partial charge on any atom is -0.308 e. The van der Waals surface area contributed by atoms with Crippen molar-refractivity contribution < 1.29 is 13.2 Å². The standard InChI is InChI=1S/C29H29N5O3S2/c1-21-18-22-10-5-6-15-26(22)33(21)27(35)20-38-29-31-30-28(34(29)24-12-3-2-4-13-24)23-11-9-14-25(19-23)39(36,37)32-16-7-8-17-32/h2-6,9-15,19,21H,7-8,16-18,20H2,1H3. The van der Waals surface area contributed by atoms with Crippen molar-refractivity contribution in [3.8, 4) is 17.1 Å². The lowest BCUT2D eigenvalue weighted by Crippen LogP contribution is -2.37. The summed E-state index contributed by atoms with van der Waals surface area (Å²) in [5.74, 6) is 0.738. The minimum atomic E-state index is -3.58. The lowest BCUT2D eigenvalue weighted by atomic mass is 10.1. The first-order valence-corrected chi connectivity index (χ1v) is 15.5. The van der Waals surface area contributed by atoms with Crippen molar-refractivity contribution in [2.24, 2.45) is 0 Å². The number of rotatable bonds is 7. The van der Waals surface area contributed by atoms with E-state index in [2.05, 4.69) is 23.2 Å². The van der Waals surface area contributed by atoms with Crippen LogP contribution in [0.4, 0.5) is 5.69 Å². The number of hydrogen-bond donors (Lipinski definition) is 0. The van der Waals surface area contributed by atoms with Gasteiger partial charge in [0.15, 0.2) is 11.0 Å². The van der Waals surface area contributed by atoms with E-state index in [4.69, 9.17) is 0 Å². The molecule has 0 N–H and O–H groups in total. The van der Waals surface area contributed by atoms with E-state index < -0.39 is 10.0 Å². The normalized spacial score (nSPS) is 17.5. The first-order chi connectivity index (χ1) is 18.9. The van der Waals surface area contributed by atoms with Crippen LogP contribution in [0.25, 0.3) is 17.1 Å². The summed E-state index contributed by atoms with van der Waals surface area (Å²) in [7, 11) is -3.58. The molecule has 6 rings (SSSR count). The summed E-state index contributed by atoms with van der Waals surface area (Å²) in [5.41, 5.74) is 3.63. The lowest BCUT2D eigenvalue weighted by Gasteiger charge is -2.22. The van der Waals surface area contributed by atoms with Gasteiger partial charge in [-0.05, 0) is 62.1 Å². The fourth-order valence-electron chi connectivity index (χ4n) is 5.37. The quantitative estimate of drug-likeness (QED) is 0.303. The van der Waals surface area contributed by atoms with Crippen LogP contribution in [0.2, 0.25) is 0 Å². The molecule has 8 nitrogen and oxygen atoms in total. The third kappa shape index (κ3) is 4.88. The molecular formula is C29H29N5O3S2. The molecule has 3 aromatic carbocycles. The highest BCUT2D eigenvalue weighted by Gasteiger charge is 2.31. The van der Waals surface area contributed by atoms with Crippen LogP contribution >= 0.6 is 11.8 Å². The van der Waals surface area contributed by atoms with E-state index >= 15 is 0 Å². The maximum atomic E-state index is 13.4. The Labute approximate surface area is 232 Å². The summed E-state index contributed by atoms with van der Waals surface area (Å²) in [5, 5.41) is 9.48. The van der Waals surface area contributed by atoms with E-state index in [1.54, 1.807) is 22.5 Å². The zero-order valence-corrected chi connectivity index (χ0v) is 23.2. The van der Waals surface area contributed by atoms with Crippen molar-refractivity contribution in [3.05, 3.63) is 84.4 Å². The number of para-hydroxylation sites is 2. The smallest absolute Gasteiger partial charge is 0.243 e. The predicted molar refractivity (Wildman–Crippen MR) is 153 cm³/mol. The number of fused-ring (bicyclic) bond motifs is 1. The van der Waals surface area contributed by atoms with Gasteiger partial charge in [-0.15, -0.1) is 10.2 Å². The van der Waals surface area contributed by atoms with Crippen LogP contribution in [0, 0.1) is 0 Å². The van der Waals surface area contributed by atoms with Crippen molar-refractivity contribution >= 4 is 33.4 Å². The van der Waals surface area contributed by atoms with Crippen LogP contribution in [0.1, 0.15) is 25.3 Å². The zero-order chi connectivity index (χ0) is 27.0. The molecule has 3 heterocycles. The van der Waals surface area contributed by atoms with E-state index in [-0.39, 0.29) is 22.6 Å². The highest BCUT2D eigenvalue weighted by atomic mass is 32.2. The van der Waals surface area contributed by atoms with Crippen molar-refractivity contribution in [1.29, 1.82) is 0 Å². The molecule has 0 aliphatic carbocycles. The van der Waals surface area contributed by atoms with Gasteiger partial charge < -0.3 is 4.90 Å². The third-order valence-electron chi connectivity index (χ3n) is 7.24. The van der Waals surface area contributed by atoms with Gasteiger partial charge >= 0.3 is 0 Å². The molecule has 0 radical (unpaired) electrons. The molecule has 2 aliphatic rings. The van der Waals surface area contributed by atoms with Gasteiger partial charge in [0.25, 0.3) is 0 Å². The summed E-state index contributed by atoms with van der Waals surface area (Å²) < 4.78 is 29.9. The third-order valence-corrected chi connectivity index (χ3v) is 10.1. The Morgan fingerprint density at radius 3 is 2.49 bits per heavy atom. The van der Waals surface area contributed by atoms with Gasteiger partial charge in [-0.3, -0.25) is 9.36 Å². The summed E-state index contributed by atoms with van der Waals surface area (Å²) in [6.07, 6.45) is 2.60. The van der Waals surface area contributed by atoms with Crippen molar-refractivity contribution in [2.75, 3.05) is 23.7 Å². The van der Waals surface area contributed by atoms with Gasteiger partial charge in [0.05, 0.1) is 10.6 Å². The Balaban J connectivity index is 1.32. The predicted octanol–water partition coefficient (Wildman–Crippen LogP) is 4.79. The van der Waals surface area contributed by atoms with Crippen LogP contribution in [-0.4, -0.2) is 58.3 Å². The Morgan fingerprint density at radius 1 is 0.949 bits per heavy atom. The van der Waals surface area contributed by atoms with Crippen LogP contribution in [0.15, 0.2) is 88.9 Å². The van der Waals surface area contributed by atoms with Gasteiger partial charge in [-0.25, -0.2) is 8.42 Å². The number of nitrogens with zero attached hydrogens (tertiary/aromatic N) is 5. The maximum absolute atomic E-state index is 13.4. The summed E-state index contributed by atoms with van der Waals surface area (Å²) in [4.78, 5) is 15.5. The number of hydrogen-bond acceptors (Lipinski definition) is 6. The molecule has 1 unspecified atom stereocenters. The highest BCUT2D eigenvalue weighted by Crippen LogP contribution is 2.34. The molecule has 4 aromatic rings. The molecule has 1 saturated heterocycles. The van der Waals surface area contributed by atoms with Gasteiger partial charge in [-0.2, -0.15) is 4.31 Å². The second kappa shape index (κ2) is 10.6. The Morgan fingerprint density at radius 2 is 1.69 bits per heavy atom. The largest absolute Gasteiger partial charge is 0.308 e. The molecule has 0 saturated carbocycles. The molecule has 1 fully saturated rings. The molecule has 1 amide bonds. The van der Waals surface area contributed by atoms with Crippen molar-refractivity contribution in [3.63, 3.8) is 0 Å². The van der Waals surface area contributed by atoms with Crippen molar-refractivity contribution in [2.45, 2.75) is 42.3 Å². The number of sulfonamides is 1. The average molecular weight is 560 g/mol. The van der Waals surface area contributed by atoms with Crippen LogP contribution in [-0.2, 0) is 21.2 Å². The lowest BCUT2D eigenvalue weighted by molar-refractivity contribution is -0.116. The van der Waals surface area contributed by atoms with Crippen molar-refractivity contribution in [1.82, 2.24) is 19.1 Å². The number of thioether (sulfide) groups is 1. The van der Waals surface area contributed by atoms with Gasteiger partial charge in [-0.1, -0.05) is 60.3 Å². The number of aromatic nitrogens is 3. The number of benzene rings is 3. The number of amides is 1. The molecule has 39 heavy (non-hydrogen) atoms. The summed E-state index contributed by atoms with van der Waals surface area (Å²) in [6.45, 7) is 3.15. The van der Waals surface area contributed by atoms with E-state index in [9.17, 15) is 13.2 Å². The van der Waals surface area contributed by atoms with Crippen LogP contribution < -0.4 is 4.90 Å². The first-order valence-electron chi connectivity index (χ1n) is 13.1. The average Bonchev–Trinajstić information content (AvgIpc) is 3.71. The van der Waals surface area contributed by atoms with Gasteiger partial charge in [0.1, 0.15) is 0 Å². The zero-order valence-electron chi connectivity index (χ0n) is 21.6. The molecule has 1 atom stereocenters. The molecule has 10 heteroatoms. The summed E-state index contributed by atoms with van der Waals surface area (Å²) in [6, 6.07) is 24.7. The summed E-state index contributed by atoms with van der Waals surface area (Å²) >= 11 is 1.33. The highest BCUT2D eigenvalue weighted by molar-refractivity contribution is 7.99.